The maximum Gasteiger partial charge on any atom is 0.219 e. The third-order valence-electron chi connectivity index (χ3n) is 14.9. The van der Waals surface area contributed by atoms with Crippen LogP contribution in [0.3, 0.4) is 0 Å². The second kappa shape index (κ2) is 69.4. The van der Waals surface area contributed by atoms with Gasteiger partial charge in [0.05, 0.1) is 0 Å². The first-order chi connectivity index (χ1) is 46.1. The Morgan fingerprint density at radius 2 is 0.567 bits per heavy atom. The molecule has 0 fully saturated rings. The minimum absolute atomic E-state index is 0. The van der Waals surface area contributed by atoms with Crippen LogP contribution in [-0.4, -0.2) is 128 Å². The van der Waals surface area contributed by atoms with E-state index in [0.717, 1.165) is 171 Å². The number of aryl methyl sites for hydroxylation is 1. The Labute approximate surface area is 589 Å². The lowest BCUT2D eigenvalue weighted by Gasteiger charge is -2.04. The summed E-state index contributed by atoms with van der Waals surface area (Å²) >= 11 is 0. The van der Waals surface area contributed by atoms with Crippen molar-refractivity contribution < 1.29 is 43.2 Å². The first-order valence-electron chi connectivity index (χ1n) is 35.6. The fraction of sp³-hybridized carbons (Fsp3) is 0.593. The van der Waals surface area contributed by atoms with E-state index >= 15 is 0 Å². The van der Waals surface area contributed by atoms with Crippen LogP contribution < -0.4 is 37.2 Å². The van der Waals surface area contributed by atoms with E-state index < -0.39 is 0 Å². The Kier molecular flexibility index (Phi) is 69.3. The van der Waals surface area contributed by atoms with Gasteiger partial charge in [0, 0.05) is 86.8 Å². The number of ketones is 8. The van der Waals surface area contributed by atoms with Crippen LogP contribution in [0.25, 0.3) is 0 Å². The highest BCUT2D eigenvalue weighted by Gasteiger charge is 2.08. The lowest BCUT2D eigenvalue weighted by atomic mass is 10.0. The number of hydrogen-bond acceptors (Lipinski definition) is 15. The summed E-state index contributed by atoms with van der Waals surface area (Å²) in [5, 5.41) is 21.0. The number of rotatable bonds is 45. The lowest BCUT2D eigenvalue weighted by Crippen LogP contribution is -2.24. The minimum atomic E-state index is 0. The Morgan fingerprint density at radius 1 is 0.289 bits per heavy atom. The van der Waals surface area contributed by atoms with Gasteiger partial charge in [-0.15, -0.1) is 0 Å². The first kappa shape index (κ1) is 96.9. The van der Waals surface area contributed by atoms with Gasteiger partial charge in [-0.1, -0.05) is 156 Å². The van der Waals surface area contributed by atoms with E-state index in [1.165, 1.54) is 47.9 Å². The molecule has 0 aliphatic carbocycles. The van der Waals surface area contributed by atoms with Crippen molar-refractivity contribution in [2.24, 2.45) is 0 Å². The molecule has 16 heteroatoms. The van der Waals surface area contributed by atoms with Crippen LogP contribution >= 0.6 is 0 Å². The van der Waals surface area contributed by atoms with Gasteiger partial charge in [0.2, 0.25) is 5.91 Å². The molecule has 0 heterocycles. The molecule has 0 aliphatic heterocycles. The maximum absolute atomic E-state index is 12.1. The zero-order valence-corrected chi connectivity index (χ0v) is 62.2. The normalized spacial score (nSPS) is 10.0. The smallest absolute Gasteiger partial charge is 0.219 e. The summed E-state index contributed by atoms with van der Waals surface area (Å²) in [6.45, 7) is 17.3. The van der Waals surface area contributed by atoms with Crippen LogP contribution in [-0.2, 0) is 49.9 Å². The Bertz CT molecular complexity index is 2620. The SMILES string of the molecule is C.CCCCc1ccc(C(=O)CCCCCCC(C)=O)cc1.CNC.CNCCCCC(=O)NCCCCCC(C)=O.CNCCCCCC(C)=O.CNCCc1ccc(C(C)=O)cc1.CNCc1ccc(C(=O)CCCCCCC(C)=O)cc1.CNCc1ccc(C(C)=O)cc1. The van der Waals surface area contributed by atoms with Gasteiger partial charge in [-0.25, -0.2) is 0 Å². The number of benzene rings is 4. The van der Waals surface area contributed by atoms with E-state index in [0.29, 0.717) is 44.3 Å². The highest BCUT2D eigenvalue weighted by molar-refractivity contribution is 5.97. The second-order valence-electron chi connectivity index (χ2n) is 24.5. The van der Waals surface area contributed by atoms with E-state index in [-0.39, 0.29) is 53.8 Å². The lowest BCUT2D eigenvalue weighted by molar-refractivity contribution is -0.121. The van der Waals surface area contributed by atoms with Crippen molar-refractivity contribution in [2.75, 3.05) is 75.5 Å². The minimum Gasteiger partial charge on any atom is -0.356 e. The third-order valence-corrected chi connectivity index (χ3v) is 14.9. The fourth-order valence-corrected chi connectivity index (χ4v) is 9.23. The van der Waals surface area contributed by atoms with Crippen molar-refractivity contribution in [3.05, 3.63) is 142 Å². The number of amides is 1. The second-order valence-corrected chi connectivity index (χ2v) is 24.5. The van der Waals surface area contributed by atoms with Crippen molar-refractivity contribution in [2.45, 2.75) is 242 Å². The van der Waals surface area contributed by atoms with Gasteiger partial charge in [0.15, 0.2) is 23.1 Å². The zero-order chi connectivity index (χ0) is 72.4. The number of unbranched alkanes of at least 4 members (excludes halogenated alkanes) is 12. The van der Waals surface area contributed by atoms with Crippen LogP contribution in [0.2, 0.25) is 0 Å². The van der Waals surface area contributed by atoms with Gasteiger partial charge >= 0.3 is 0 Å². The van der Waals surface area contributed by atoms with Crippen molar-refractivity contribution in [3.8, 4) is 0 Å². The molecule has 0 unspecified atom stereocenters. The molecular weight excluding hydrogens is 1210 g/mol. The monoisotopic (exact) mass is 1350 g/mol. The van der Waals surface area contributed by atoms with Gasteiger partial charge in [0.25, 0.3) is 0 Å². The molecule has 4 rings (SSSR count). The predicted molar refractivity (Wildman–Crippen MR) is 408 cm³/mol. The fourth-order valence-electron chi connectivity index (χ4n) is 9.23. The predicted octanol–water partition coefficient (Wildman–Crippen LogP) is 15.4. The van der Waals surface area contributed by atoms with E-state index in [2.05, 4.69) is 56.3 Å². The number of Topliss-reactive ketones (excluding diaryl/α,β-unsaturated/α-hetero) is 8. The van der Waals surface area contributed by atoms with Crippen LogP contribution in [0.4, 0.5) is 0 Å². The summed E-state index contributed by atoms with van der Waals surface area (Å²) in [5.41, 5.74) is 8.16. The maximum atomic E-state index is 12.1. The molecule has 16 nitrogen and oxygen atoms in total. The molecule has 0 atom stereocenters. The van der Waals surface area contributed by atoms with E-state index in [1.54, 1.807) is 41.5 Å². The molecule has 0 aromatic heterocycles. The summed E-state index contributed by atoms with van der Waals surface area (Å²) in [6, 6.07) is 31.3. The molecule has 0 saturated carbocycles. The molecule has 0 aliphatic rings. The number of likely N-dealkylation sites (N-methyl/N-ethyl adjacent to an activating group) is 1. The summed E-state index contributed by atoms with van der Waals surface area (Å²) in [4.78, 5) is 100.0. The van der Waals surface area contributed by atoms with Crippen LogP contribution in [0.1, 0.15) is 280 Å². The Morgan fingerprint density at radius 3 is 0.876 bits per heavy atom. The van der Waals surface area contributed by atoms with Crippen LogP contribution in [0, 0.1) is 0 Å². The van der Waals surface area contributed by atoms with Crippen molar-refractivity contribution in [1.82, 2.24) is 37.2 Å². The molecule has 548 valence electrons. The van der Waals surface area contributed by atoms with Gasteiger partial charge in [-0.05, 0) is 216 Å². The summed E-state index contributed by atoms with van der Waals surface area (Å²) in [5.74, 6) is 1.91. The summed E-state index contributed by atoms with van der Waals surface area (Å²) < 4.78 is 0. The Hall–Kier alpha value is -6.53. The van der Waals surface area contributed by atoms with E-state index in [1.807, 2.05) is 134 Å². The quantitative estimate of drug-likeness (QED) is 0.0161. The molecule has 4 aromatic carbocycles. The molecule has 7 N–H and O–H groups in total. The molecule has 0 radical (unpaired) electrons. The summed E-state index contributed by atoms with van der Waals surface area (Å²) in [6.07, 6.45) is 25.3. The van der Waals surface area contributed by atoms with Crippen molar-refractivity contribution >= 4 is 52.2 Å². The van der Waals surface area contributed by atoms with Crippen LogP contribution in [0.15, 0.2) is 97.1 Å². The number of carbonyl (C=O) groups excluding carboxylic acids is 9. The molecule has 0 bridgehead atoms. The average Bonchev–Trinajstić information content (AvgIpc) is 1.53. The molecule has 0 saturated heterocycles. The number of nitrogens with one attached hydrogen (secondary N) is 7. The zero-order valence-electron chi connectivity index (χ0n) is 62.2. The topological polar surface area (TPSA) is 238 Å². The third kappa shape index (κ3) is 63.9. The summed E-state index contributed by atoms with van der Waals surface area (Å²) in [7, 11) is 13.4. The van der Waals surface area contributed by atoms with E-state index in [9.17, 15) is 43.2 Å². The molecular formula is C81H135N7O9. The molecule has 4 aromatic rings. The van der Waals surface area contributed by atoms with Crippen molar-refractivity contribution in [3.63, 3.8) is 0 Å². The number of hydrogen-bond donors (Lipinski definition) is 7. The van der Waals surface area contributed by atoms with Gasteiger partial charge in [-0.3, -0.25) is 24.0 Å². The average molecular weight is 1350 g/mol. The highest BCUT2D eigenvalue weighted by Crippen LogP contribution is 2.15. The molecule has 0 spiro atoms. The number of carbonyl (C=O) groups is 9. The Balaban J connectivity index is -0.000000538. The largest absolute Gasteiger partial charge is 0.356 e. The molecule has 1 amide bonds. The highest BCUT2D eigenvalue weighted by atomic mass is 16.2. The van der Waals surface area contributed by atoms with Gasteiger partial charge in [0.1, 0.15) is 23.1 Å². The van der Waals surface area contributed by atoms with E-state index in [4.69, 9.17) is 0 Å². The van der Waals surface area contributed by atoms with Crippen LogP contribution in [0.5, 0.6) is 0 Å². The molecule has 97 heavy (non-hydrogen) atoms. The van der Waals surface area contributed by atoms with Gasteiger partial charge in [-0.2, -0.15) is 0 Å². The van der Waals surface area contributed by atoms with Gasteiger partial charge < -0.3 is 56.4 Å². The standard InChI is InChI=1S/C19H28O2.C17H25NO2.C13H26N2O2.C11H15NO.C10H13NO.C8H17NO.C2H7N.CH4/c1-3-4-10-17-12-14-18(15-13-17)19(21)11-8-6-5-7-9-16(2)20;1-14(19)7-5-3-4-6-8-17(20)16-11-9-15(10-12-16)13-18-2;1-12(16)8-4-3-6-11-15-13(17)9-5-7-10-14-2;1-9(13)11-5-3-10(4-6-11)7-8-12-2;1-8(12)10-5-3-9(4-6-10)7-11-2;1-8(10)6-4-3-5-7-9-2;1-3-2;/h12-15H,3-11H2,1-2H3;9-12,18H,3-8,13H2,1-2H3;14H,3-11H2,1-2H3,(H,15,17);3-6,12H,7-8H2,1-2H3;3-6,11H,7H2,1-2H3;9H,3-7H2,1-2H3;3H,1-2H3;1H4. The first-order valence-corrected chi connectivity index (χ1v) is 35.6. The van der Waals surface area contributed by atoms with Crippen molar-refractivity contribution in [1.29, 1.82) is 0 Å².